The third kappa shape index (κ3) is 7.59. The van der Waals surface area contributed by atoms with E-state index >= 15 is 0 Å². The molecule has 4 rings (SSSR count). The Bertz CT molecular complexity index is 1570. The molecule has 1 unspecified atom stereocenters. The second-order valence-electron chi connectivity index (χ2n) is 11.2. The normalized spacial score (nSPS) is 17.4. The van der Waals surface area contributed by atoms with Crippen LogP contribution in [0.3, 0.4) is 0 Å². The van der Waals surface area contributed by atoms with Crippen molar-refractivity contribution in [3.05, 3.63) is 100 Å². The third-order valence-electron chi connectivity index (χ3n) is 7.71. The van der Waals surface area contributed by atoms with Gasteiger partial charge in [0.2, 0.25) is 5.91 Å². The van der Waals surface area contributed by atoms with E-state index in [0.717, 1.165) is 17.0 Å². The molecule has 0 spiro atoms. The molecule has 1 aliphatic heterocycles. The van der Waals surface area contributed by atoms with E-state index in [1.807, 2.05) is 0 Å². The van der Waals surface area contributed by atoms with Gasteiger partial charge in [0.15, 0.2) is 6.10 Å². The Hall–Kier alpha value is -4.10. The van der Waals surface area contributed by atoms with Crippen LogP contribution in [0.15, 0.2) is 66.7 Å². The fraction of sp³-hybridized carbons (Fsp3) is 0.344. The van der Waals surface area contributed by atoms with Crippen LogP contribution >= 0.6 is 11.8 Å². The Balaban J connectivity index is 1.56. The number of rotatable bonds is 9. The molecule has 3 atom stereocenters. The minimum Gasteiger partial charge on any atom is -0.508 e. The van der Waals surface area contributed by atoms with Gasteiger partial charge in [-0.1, -0.05) is 48.5 Å². The molecule has 3 aromatic carbocycles. The summed E-state index contributed by atoms with van der Waals surface area (Å²) in [6.45, 7) is 4.38. The molecular weight excluding hydrogens is 614 g/mol. The van der Waals surface area contributed by atoms with Crippen LogP contribution in [0.1, 0.15) is 46.5 Å². The van der Waals surface area contributed by atoms with E-state index in [4.69, 9.17) is 0 Å². The van der Waals surface area contributed by atoms with E-state index in [1.54, 1.807) is 51.1 Å². The molecule has 3 amide bonds. The number of hydrogen-bond acceptors (Lipinski definition) is 6. The first-order valence-corrected chi connectivity index (χ1v) is 15.0. The molecule has 1 aliphatic rings. The van der Waals surface area contributed by atoms with Crippen molar-refractivity contribution in [3.8, 4) is 5.75 Å². The highest BCUT2D eigenvalue weighted by atomic mass is 32.2. The van der Waals surface area contributed by atoms with Crippen LogP contribution in [0.4, 0.5) is 17.6 Å². The summed E-state index contributed by atoms with van der Waals surface area (Å²) in [4.78, 5) is 41.6. The Kier molecular flexibility index (Phi) is 10.1. The maximum atomic E-state index is 14.6. The number of aliphatic hydroxyl groups is 1. The summed E-state index contributed by atoms with van der Waals surface area (Å²) >= 11 is 1.25. The molecule has 45 heavy (non-hydrogen) atoms. The smallest absolute Gasteiger partial charge is 0.419 e. The number of alkyl halides is 3. The van der Waals surface area contributed by atoms with Crippen molar-refractivity contribution < 1.29 is 42.2 Å². The molecule has 4 N–H and O–H groups in total. The Morgan fingerprint density at radius 3 is 2.38 bits per heavy atom. The van der Waals surface area contributed by atoms with Crippen molar-refractivity contribution in [2.45, 2.75) is 62.8 Å². The quantitative estimate of drug-likeness (QED) is 0.253. The van der Waals surface area contributed by atoms with Gasteiger partial charge in [-0.2, -0.15) is 13.2 Å². The minimum absolute atomic E-state index is 0.00340. The Morgan fingerprint density at radius 2 is 1.71 bits per heavy atom. The zero-order chi connectivity index (χ0) is 33.1. The van der Waals surface area contributed by atoms with Gasteiger partial charge in [0.25, 0.3) is 11.8 Å². The number of amides is 3. The van der Waals surface area contributed by atoms with Crippen molar-refractivity contribution in [1.82, 2.24) is 15.5 Å². The lowest BCUT2D eigenvalue weighted by atomic mass is 9.96. The van der Waals surface area contributed by atoms with Crippen molar-refractivity contribution in [3.63, 3.8) is 0 Å². The Morgan fingerprint density at radius 1 is 1.04 bits per heavy atom. The molecular formula is C32H33F4N3O5S. The molecule has 8 nitrogen and oxygen atoms in total. The monoisotopic (exact) mass is 647 g/mol. The summed E-state index contributed by atoms with van der Waals surface area (Å²) in [5, 5.41) is 26.6. The zero-order valence-corrected chi connectivity index (χ0v) is 25.5. The number of benzene rings is 3. The first-order valence-electron chi connectivity index (χ1n) is 14.0. The average Bonchev–Trinajstić information content (AvgIpc) is 3.31. The van der Waals surface area contributed by atoms with Gasteiger partial charge in [-0.15, -0.1) is 11.8 Å². The molecule has 13 heteroatoms. The molecule has 0 bridgehead atoms. The zero-order valence-electron chi connectivity index (χ0n) is 24.7. The predicted molar refractivity (Wildman–Crippen MR) is 161 cm³/mol. The van der Waals surface area contributed by atoms with Crippen LogP contribution in [0.2, 0.25) is 0 Å². The summed E-state index contributed by atoms with van der Waals surface area (Å²) in [5.41, 5.74) is -0.688. The standard InChI is InChI=1S/C32H33F4N3O5S/c1-18-21(12-8-14-24(18)40)28(42)38-23(15-19-9-5-4-6-10-19)26(41)30(44)39-17-45-31(2,3)27(39)29(43)37-16-20-11-7-13-22(25(20)33)32(34,35)36/h4-14,23,26-27,40-41H,15-17H2,1-3H3,(H,37,43)(H,38,42)/t23-,26-,27?/m0/s1. The van der Waals surface area contributed by atoms with Crippen molar-refractivity contribution in [1.29, 1.82) is 0 Å². The van der Waals surface area contributed by atoms with Crippen LogP contribution in [0, 0.1) is 12.7 Å². The van der Waals surface area contributed by atoms with Gasteiger partial charge in [0, 0.05) is 28.0 Å². The molecule has 1 saturated heterocycles. The number of nitrogens with one attached hydrogen (secondary N) is 2. The number of carbonyl (C=O) groups excluding carboxylic acids is 3. The van der Waals surface area contributed by atoms with Crippen LogP contribution in [0.5, 0.6) is 5.75 Å². The number of aliphatic hydroxyl groups excluding tert-OH is 1. The Labute approximate surface area is 261 Å². The van der Waals surface area contributed by atoms with Crippen LogP contribution < -0.4 is 10.6 Å². The maximum absolute atomic E-state index is 14.6. The summed E-state index contributed by atoms with van der Waals surface area (Å²) in [6, 6.07) is 13.7. The molecule has 0 radical (unpaired) electrons. The number of halogens is 4. The molecule has 240 valence electrons. The van der Waals surface area contributed by atoms with Gasteiger partial charge in [-0.25, -0.2) is 4.39 Å². The summed E-state index contributed by atoms with van der Waals surface area (Å²) in [6.07, 6.45) is -6.68. The molecule has 0 saturated carbocycles. The number of phenols is 1. The van der Waals surface area contributed by atoms with Crippen molar-refractivity contribution in [2.75, 3.05) is 5.88 Å². The SMILES string of the molecule is Cc1c(O)cccc1C(=O)N[C@@H](Cc1ccccc1)[C@H](O)C(=O)N1CSC(C)(C)C1C(=O)NCc1cccc(C(F)(F)F)c1F. The van der Waals surface area contributed by atoms with E-state index in [0.29, 0.717) is 17.2 Å². The van der Waals surface area contributed by atoms with Gasteiger partial charge < -0.3 is 25.7 Å². The maximum Gasteiger partial charge on any atom is 0.419 e. The number of hydrogen-bond donors (Lipinski definition) is 4. The largest absolute Gasteiger partial charge is 0.508 e. The lowest BCUT2D eigenvalue weighted by Gasteiger charge is -2.33. The average molecular weight is 648 g/mol. The summed E-state index contributed by atoms with van der Waals surface area (Å²) in [5.74, 6) is -3.85. The van der Waals surface area contributed by atoms with E-state index in [-0.39, 0.29) is 29.2 Å². The van der Waals surface area contributed by atoms with Gasteiger partial charge in [0.05, 0.1) is 17.5 Å². The first kappa shape index (κ1) is 33.8. The van der Waals surface area contributed by atoms with Crippen LogP contribution in [-0.2, 0) is 28.7 Å². The van der Waals surface area contributed by atoms with Gasteiger partial charge in [-0.3, -0.25) is 14.4 Å². The first-order chi connectivity index (χ1) is 21.1. The van der Waals surface area contributed by atoms with Crippen LogP contribution in [-0.4, -0.2) is 61.6 Å². The highest BCUT2D eigenvalue weighted by Gasteiger charge is 2.50. The highest BCUT2D eigenvalue weighted by molar-refractivity contribution is 8.00. The summed E-state index contributed by atoms with van der Waals surface area (Å²) in [7, 11) is 0. The molecule has 0 aromatic heterocycles. The predicted octanol–water partition coefficient (Wildman–Crippen LogP) is 4.56. The number of phenolic OH excluding ortho intramolecular Hbond substituents is 1. The number of nitrogens with zero attached hydrogens (tertiary/aromatic N) is 1. The molecule has 0 aliphatic carbocycles. The second-order valence-corrected chi connectivity index (χ2v) is 12.8. The summed E-state index contributed by atoms with van der Waals surface area (Å²) < 4.78 is 53.2. The lowest BCUT2D eigenvalue weighted by Crippen LogP contribution is -2.58. The number of aromatic hydroxyl groups is 1. The fourth-order valence-corrected chi connectivity index (χ4v) is 6.33. The van der Waals surface area contributed by atoms with E-state index in [9.17, 15) is 42.2 Å². The highest BCUT2D eigenvalue weighted by Crippen LogP contribution is 2.40. The van der Waals surface area contributed by atoms with Crippen molar-refractivity contribution >= 4 is 29.5 Å². The van der Waals surface area contributed by atoms with Crippen LogP contribution in [0.25, 0.3) is 0 Å². The topological polar surface area (TPSA) is 119 Å². The van der Waals surface area contributed by atoms with E-state index in [1.165, 1.54) is 30.0 Å². The fourth-order valence-electron chi connectivity index (χ4n) is 5.19. The van der Waals surface area contributed by atoms with Gasteiger partial charge in [-0.05, 0) is 51.0 Å². The third-order valence-corrected chi connectivity index (χ3v) is 9.09. The number of carbonyl (C=O) groups is 3. The second kappa shape index (κ2) is 13.5. The van der Waals surface area contributed by atoms with E-state index < -0.39 is 64.8 Å². The minimum atomic E-state index is -4.92. The molecule has 1 fully saturated rings. The van der Waals surface area contributed by atoms with Gasteiger partial charge >= 0.3 is 6.18 Å². The van der Waals surface area contributed by atoms with Crippen molar-refractivity contribution in [2.24, 2.45) is 0 Å². The number of thioether (sulfide) groups is 1. The van der Waals surface area contributed by atoms with Gasteiger partial charge in [0.1, 0.15) is 17.6 Å². The molecule has 3 aromatic rings. The lowest BCUT2D eigenvalue weighted by molar-refractivity contribution is -0.147. The van der Waals surface area contributed by atoms with E-state index in [2.05, 4.69) is 10.6 Å². The molecule has 1 heterocycles.